The summed E-state index contributed by atoms with van der Waals surface area (Å²) in [5, 5.41) is 2.91. The van der Waals surface area contributed by atoms with E-state index in [2.05, 4.69) is 34.1 Å². The number of hydrogen-bond acceptors (Lipinski definition) is 4. The number of aromatic nitrogens is 4. The number of imidazole rings is 2. The Morgan fingerprint density at radius 1 is 1.13 bits per heavy atom. The van der Waals surface area contributed by atoms with Crippen LogP contribution in [0.15, 0.2) is 48.8 Å². The molecule has 2 amide bonds. The lowest BCUT2D eigenvalue weighted by molar-refractivity contribution is 0.0970. The Bertz CT molecular complexity index is 1230. The number of aryl methyl sites for hydroxylation is 1. The zero-order valence-electron chi connectivity index (χ0n) is 16.9. The second-order valence-corrected chi connectivity index (χ2v) is 7.40. The van der Waals surface area contributed by atoms with Crippen molar-refractivity contribution in [3.8, 4) is 5.95 Å². The molecular formula is C22H22N6O2. The van der Waals surface area contributed by atoms with Gasteiger partial charge in [-0.2, -0.15) is 0 Å². The number of nitrogens with zero attached hydrogens (tertiary/aromatic N) is 3. The molecular weight excluding hydrogens is 380 g/mol. The van der Waals surface area contributed by atoms with E-state index in [1.54, 1.807) is 0 Å². The zero-order valence-corrected chi connectivity index (χ0v) is 16.9. The maximum Gasteiger partial charge on any atom is 0.276 e. The van der Waals surface area contributed by atoms with Crippen molar-refractivity contribution in [1.82, 2.24) is 19.5 Å². The Morgan fingerprint density at radius 2 is 1.90 bits per heavy atom. The third-order valence-electron chi connectivity index (χ3n) is 4.99. The Balaban J connectivity index is 1.76. The van der Waals surface area contributed by atoms with Gasteiger partial charge in [0.2, 0.25) is 5.95 Å². The third kappa shape index (κ3) is 3.32. The lowest BCUT2D eigenvalue weighted by atomic mass is 9.98. The number of benzene rings is 2. The Hall–Kier alpha value is -3.94. The minimum Gasteiger partial charge on any atom is -0.364 e. The first-order valence-corrected chi connectivity index (χ1v) is 9.60. The van der Waals surface area contributed by atoms with Crippen LogP contribution in [0.3, 0.4) is 0 Å². The monoisotopic (exact) mass is 402 g/mol. The summed E-state index contributed by atoms with van der Waals surface area (Å²) < 4.78 is 1.40. The van der Waals surface area contributed by atoms with Crippen molar-refractivity contribution in [2.45, 2.75) is 26.7 Å². The number of aromatic amines is 1. The molecule has 30 heavy (non-hydrogen) atoms. The number of fused-ring (bicyclic) bond motifs is 1. The molecule has 0 fully saturated rings. The summed E-state index contributed by atoms with van der Waals surface area (Å²) in [5.41, 5.74) is 9.68. The van der Waals surface area contributed by atoms with Crippen LogP contribution in [0.2, 0.25) is 0 Å². The SMILES string of the molecule is Cc1cccc(C(C)C)c1NC(=O)c1ncn(-c2nc3ccccc3[nH]2)c1C(N)=O. The fourth-order valence-corrected chi connectivity index (χ4v) is 3.48. The van der Waals surface area contributed by atoms with E-state index in [1.165, 1.54) is 10.9 Å². The molecule has 0 aliphatic heterocycles. The molecule has 0 saturated heterocycles. The molecule has 4 aromatic rings. The maximum absolute atomic E-state index is 13.1. The summed E-state index contributed by atoms with van der Waals surface area (Å²) in [6.07, 6.45) is 1.37. The van der Waals surface area contributed by atoms with Crippen molar-refractivity contribution >= 4 is 28.5 Å². The number of nitrogens with two attached hydrogens (primary N) is 1. The Kier molecular flexibility index (Phi) is 4.83. The summed E-state index contributed by atoms with van der Waals surface area (Å²) in [6.45, 7) is 6.02. The van der Waals surface area contributed by atoms with Gasteiger partial charge in [0.05, 0.1) is 11.0 Å². The van der Waals surface area contributed by atoms with E-state index >= 15 is 0 Å². The van der Waals surface area contributed by atoms with Gasteiger partial charge in [0, 0.05) is 5.69 Å². The normalized spacial score (nSPS) is 11.2. The molecule has 8 nitrogen and oxygen atoms in total. The first-order valence-electron chi connectivity index (χ1n) is 9.60. The highest BCUT2D eigenvalue weighted by atomic mass is 16.2. The molecule has 0 aliphatic rings. The van der Waals surface area contributed by atoms with E-state index in [-0.39, 0.29) is 17.3 Å². The van der Waals surface area contributed by atoms with Gasteiger partial charge in [-0.05, 0) is 36.1 Å². The number of para-hydroxylation sites is 3. The highest BCUT2D eigenvalue weighted by Crippen LogP contribution is 2.28. The highest BCUT2D eigenvalue weighted by molar-refractivity contribution is 6.10. The van der Waals surface area contributed by atoms with Gasteiger partial charge in [-0.3, -0.25) is 14.2 Å². The van der Waals surface area contributed by atoms with Crippen molar-refractivity contribution < 1.29 is 9.59 Å². The van der Waals surface area contributed by atoms with Crippen molar-refractivity contribution in [2.75, 3.05) is 5.32 Å². The largest absolute Gasteiger partial charge is 0.364 e. The second kappa shape index (κ2) is 7.47. The minimum atomic E-state index is -0.771. The van der Waals surface area contributed by atoms with Gasteiger partial charge in [0.25, 0.3) is 11.8 Å². The summed E-state index contributed by atoms with van der Waals surface area (Å²) in [7, 11) is 0. The quantitative estimate of drug-likeness (QED) is 0.473. The molecule has 0 radical (unpaired) electrons. The number of carbonyl (C=O) groups excluding carboxylic acids is 2. The molecule has 8 heteroatoms. The van der Waals surface area contributed by atoms with E-state index in [0.29, 0.717) is 11.6 Å². The van der Waals surface area contributed by atoms with Crippen LogP contribution in [0, 0.1) is 6.92 Å². The molecule has 0 aliphatic carbocycles. The van der Waals surface area contributed by atoms with Crippen LogP contribution in [0.25, 0.3) is 17.0 Å². The number of primary amides is 1. The molecule has 152 valence electrons. The Morgan fingerprint density at radius 3 is 2.60 bits per heavy atom. The maximum atomic E-state index is 13.1. The summed E-state index contributed by atoms with van der Waals surface area (Å²) in [5.74, 6) is -0.707. The minimum absolute atomic E-state index is 0.0359. The van der Waals surface area contributed by atoms with Crippen LogP contribution in [0.1, 0.15) is 51.9 Å². The lowest BCUT2D eigenvalue weighted by Crippen LogP contribution is -2.23. The molecule has 0 unspecified atom stereocenters. The van der Waals surface area contributed by atoms with E-state index in [0.717, 1.165) is 22.2 Å². The number of amides is 2. The first kappa shape index (κ1) is 19.4. The molecule has 4 N–H and O–H groups in total. The summed E-state index contributed by atoms with van der Waals surface area (Å²) in [4.78, 5) is 37.0. The molecule has 4 rings (SSSR count). The first-order chi connectivity index (χ1) is 14.4. The fraction of sp³-hybridized carbons (Fsp3) is 0.182. The average Bonchev–Trinajstić information content (AvgIpc) is 3.33. The van der Waals surface area contributed by atoms with E-state index in [9.17, 15) is 9.59 Å². The average molecular weight is 402 g/mol. The van der Waals surface area contributed by atoms with Crippen molar-refractivity contribution in [3.05, 3.63) is 71.3 Å². The van der Waals surface area contributed by atoms with Gasteiger partial charge >= 0.3 is 0 Å². The van der Waals surface area contributed by atoms with Crippen LogP contribution in [0.5, 0.6) is 0 Å². The highest BCUT2D eigenvalue weighted by Gasteiger charge is 2.25. The molecule has 0 saturated carbocycles. The summed E-state index contributed by atoms with van der Waals surface area (Å²) >= 11 is 0. The number of carbonyl (C=O) groups is 2. The van der Waals surface area contributed by atoms with Crippen LogP contribution in [-0.2, 0) is 0 Å². The van der Waals surface area contributed by atoms with Crippen molar-refractivity contribution in [2.24, 2.45) is 5.73 Å². The Labute approximate surface area is 173 Å². The predicted octanol–water partition coefficient (Wildman–Crippen LogP) is 3.53. The number of nitrogens with one attached hydrogen (secondary N) is 2. The van der Waals surface area contributed by atoms with Crippen LogP contribution in [-0.4, -0.2) is 31.3 Å². The van der Waals surface area contributed by atoms with Gasteiger partial charge in [-0.25, -0.2) is 9.97 Å². The third-order valence-corrected chi connectivity index (χ3v) is 4.99. The van der Waals surface area contributed by atoms with Gasteiger partial charge in [-0.1, -0.05) is 44.2 Å². The van der Waals surface area contributed by atoms with Crippen molar-refractivity contribution in [3.63, 3.8) is 0 Å². The molecule has 2 aromatic heterocycles. The number of anilines is 1. The zero-order chi connectivity index (χ0) is 21.4. The summed E-state index contributed by atoms with van der Waals surface area (Å²) in [6, 6.07) is 13.3. The topological polar surface area (TPSA) is 119 Å². The fourth-order valence-electron chi connectivity index (χ4n) is 3.48. The standard InChI is InChI=1S/C22H22N6O2/c1-12(2)14-8-6-7-13(3)17(14)27-21(30)18-19(20(23)29)28(11-24-18)22-25-15-9-4-5-10-16(15)26-22/h4-12H,1-3H3,(H2,23,29)(H,25,26)(H,27,30). The van der Waals surface area contributed by atoms with Gasteiger partial charge in [0.15, 0.2) is 5.69 Å². The van der Waals surface area contributed by atoms with Crippen molar-refractivity contribution in [1.29, 1.82) is 0 Å². The van der Waals surface area contributed by atoms with Gasteiger partial charge < -0.3 is 16.0 Å². The number of H-pyrrole nitrogens is 1. The molecule has 2 aromatic carbocycles. The van der Waals surface area contributed by atoms with Crippen LogP contribution < -0.4 is 11.1 Å². The number of rotatable bonds is 5. The van der Waals surface area contributed by atoms with Gasteiger partial charge in [0.1, 0.15) is 12.0 Å². The van der Waals surface area contributed by atoms with E-state index in [4.69, 9.17) is 5.73 Å². The van der Waals surface area contributed by atoms with E-state index < -0.39 is 11.8 Å². The van der Waals surface area contributed by atoms with Gasteiger partial charge in [-0.15, -0.1) is 0 Å². The number of hydrogen-bond donors (Lipinski definition) is 3. The van der Waals surface area contributed by atoms with Crippen LogP contribution >= 0.6 is 0 Å². The smallest absolute Gasteiger partial charge is 0.276 e. The second-order valence-electron chi connectivity index (χ2n) is 7.40. The predicted molar refractivity (Wildman–Crippen MR) is 115 cm³/mol. The van der Waals surface area contributed by atoms with Crippen LogP contribution in [0.4, 0.5) is 5.69 Å². The molecule has 0 spiro atoms. The molecule has 2 heterocycles. The molecule has 0 atom stereocenters. The lowest BCUT2D eigenvalue weighted by Gasteiger charge is -2.16. The molecule has 0 bridgehead atoms. The van der Waals surface area contributed by atoms with E-state index in [1.807, 2.05) is 49.4 Å².